The topological polar surface area (TPSA) is 18.5 Å². The van der Waals surface area contributed by atoms with Crippen molar-refractivity contribution in [2.24, 2.45) is 0 Å². The lowest BCUT2D eigenvalue weighted by atomic mass is 9.73. The van der Waals surface area contributed by atoms with E-state index in [2.05, 4.69) is 0 Å². The minimum atomic E-state index is -5.62. The van der Waals surface area contributed by atoms with Crippen LogP contribution in [0.15, 0.2) is 48.5 Å². The standard InChI is InChI=1S/C17H14F6O2/c1-24-13-7-3-11(4-8-13)15(16(18,19)20,17(21,22)23)12-5-9-14(25-2)10-6-12/h3-10H,1-2H3. The zero-order valence-corrected chi connectivity index (χ0v) is 13.2. The SMILES string of the molecule is COc1ccc(C(c2ccc(OC)cc2)(C(F)(F)F)C(F)(F)F)cc1. The Morgan fingerprint density at radius 1 is 0.560 bits per heavy atom. The molecule has 0 saturated heterocycles. The third-order valence-corrected chi connectivity index (χ3v) is 3.90. The van der Waals surface area contributed by atoms with Crippen molar-refractivity contribution in [3.63, 3.8) is 0 Å². The third-order valence-electron chi connectivity index (χ3n) is 3.90. The first-order valence-corrected chi connectivity index (χ1v) is 7.00. The van der Waals surface area contributed by atoms with E-state index >= 15 is 0 Å². The van der Waals surface area contributed by atoms with Crippen LogP contribution in [-0.4, -0.2) is 26.6 Å². The second-order valence-electron chi connectivity index (χ2n) is 5.20. The Hall–Kier alpha value is -2.38. The second kappa shape index (κ2) is 6.50. The van der Waals surface area contributed by atoms with Crippen LogP contribution in [0.3, 0.4) is 0 Å². The van der Waals surface area contributed by atoms with Crippen LogP contribution in [0.4, 0.5) is 26.3 Å². The van der Waals surface area contributed by atoms with Crippen LogP contribution in [0.25, 0.3) is 0 Å². The molecule has 0 N–H and O–H groups in total. The van der Waals surface area contributed by atoms with Gasteiger partial charge in [-0.05, 0) is 35.4 Å². The lowest BCUT2D eigenvalue weighted by Crippen LogP contribution is -2.54. The van der Waals surface area contributed by atoms with Gasteiger partial charge in [0.25, 0.3) is 0 Å². The molecule has 0 spiro atoms. The van der Waals surface area contributed by atoms with Gasteiger partial charge < -0.3 is 9.47 Å². The van der Waals surface area contributed by atoms with Crippen LogP contribution < -0.4 is 9.47 Å². The quantitative estimate of drug-likeness (QED) is 0.702. The molecule has 0 radical (unpaired) electrons. The summed E-state index contributed by atoms with van der Waals surface area (Å²) < 4.78 is 92.6. The zero-order chi connectivity index (χ0) is 18.9. The fourth-order valence-corrected chi connectivity index (χ4v) is 2.66. The van der Waals surface area contributed by atoms with Gasteiger partial charge in [0.2, 0.25) is 5.41 Å². The lowest BCUT2D eigenvalue weighted by molar-refractivity contribution is -0.288. The fraction of sp³-hybridized carbons (Fsp3) is 0.294. The maximum atomic E-state index is 13.8. The van der Waals surface area contributed by atoms with Gasteiger partial charge in [0.15, 0.2) is 0 Å². The summed E-state index contributed by atoms with van der Waals surface area (Å²) >= 11 is 0. The highest BCUT2D eigenvalue weighted by atomic mass is 19.4. The average Bonchev–Trinajstić information content (AvgIpc) is 2.54. The summed E-state index contributed by atoms with van der Waals surface area (Å²) in [7, 11) is 2.53. The number of methoxy groups -OCH3 is 2. The Bertz CT molecular complexity index is 638. The van der Waals surface area contributed by atoms with Gasteiger partial charge in [-0.1, -0.05) is 24.3 Å². The summed E-state index contributed by atoms with van der Waals surface area (Å²) in [6.07, 6.45) is -11.2. The molecule has 2 aromatic carbocycles. The van der Waals surface area contributed by atoms with Gasteiger partial charge in [-0.3, -0.25) is 0 Å². The summed E-state index contributed by atoms with van der Waals surface area (Å²) in [5.74, 6) is 0.299. The highest BCUT2D eigenvalue weighted by Crippen LogP contribution is 2.56. The van der Waals surface area contributed by atoms with Gasteiger partial charge in [0.1, 0.15) is 11.5 Å². The highest BCUT2D eigenvalue weighted by molar-refractivity contribution is 5.47. The van der Waals surface area contributed by atoms with E-state index < -0.39 is 28.9 Å². The first kappa shape index (κ1) is 19.0. The van der Waals surface area contributed by atoms with Gasteiger partial charge >= 0.3 is 12.4 Å². The summed E-state index contributed by atoms with van der Waals surface area (Å²) in [6.45, 7) is 0. The molecule has 0 aliphatic rings. The van der Waals surface area contributed by atoms with Gasteiger partial charge in [-0.2, -0.15) is 26.3 Å². The van der Waals surface area contributed by atoms with Crippen LogP contribution >= 0.6 is 0 Å². The van der Waals surface area contributed by atoms with E-state index in [4.69, 9.17) is 9.47 Å². The lowest BCUT2D eigenvalue weighted by Gasteiger charge is -2.38. The van der Waals surface area contributed by atoms with E-state index in [1.54, 1.807) is 0 Å². The predicted octanol–water partition coefficient (Wildman–Crippen LogP) is 5.11. The van der Waals surface area contributed by atoms with Crippen molar-refractivity contribution in [1.29, 1.82) is 0 Å². The largest absolute Gasteiger partial charge is 0.497 e. The number of hydrogen-bond acceptors (Lipinski definition) is 2. The molecular weight excluding hydrogens is 350 g/mol. The maximum Gasteiger partial charge on any atom is 0.411 e. The molecule has 8 heteroatoms. The first-order valence-electron chi connectivity index (χ1n) is 7.00. The number of halogens is 6. The molecular formula is C17H14F6O2. The Labute approximate surface area is 140 Å². The highest BCUT2D eigenvalue weighted by Gasteiger charge is 2.72. The van der Waals surface area contributed by atoms with E-state index in [0.29, 0.717) is 0 Å². The Balaban J connectivity index is 2.80. The molecule has 2 rings (SSSR count). The Kier molecular flexibility index (Phi) is 4.92. The van der Waals surface area contributed by atoms with Crippen molar-refractivity contribution in [1.82, 2.24) is 0 Å². The average molecular weight is 364 g/mol. The van der Waals surface area contributed by atoms with Crippen LogP contribution in [0, 0.1) is 0 Å². The van der Waals surface area contributed by atoms with Crippen molar-refractivity contribution in [2.75, 3.05) is 14.2 Å². The summed E-state index contributed by atoms with van der Waals surface area (Å²) in [5, 5.41) is 0. The molecule has 0 unspecified atom stereocenters. The monoisotopic (exact) mass is 364 g/mol. The Morgan fingerprint density at radius 2 is 0.840 bits per heavy atom. The van der Waals surface area contributed by atoms with Gasteiger partial charge in [-0.15, -0.1) is 0 Å². The van der Waals surface area contributed by atoms with Crippen molar-refractivity contribution in [2.45, 2.75) is 17.8 Å². The van der Waals surface area contributed by atoms with Crippen LogP contribution in [0.1, 0.15) is 11.1 Å². The van der Waals surface area contributed by atoms with E-state index in [0.717, 1.165) is 48.5 Å². The van der Waals surface area contributed by atoms with E-state index in [9.17, 15) is 26.3 Å². The minimum Gasteiger partial charge on any atom is -0.497 e. The summed E-state index contributed by atoms with van der Waals surface area (Å²) in [5.41, 5.74) is -6.06. The molecule has 0 amide bonds. The van der Waals surface area contributed by atoms with Crippen LogP contribution in [-0.2, 0) is 5.41 Å². The van der Waals surface area contributed by atoms with Crippen LogP contribution in [0.2, 0.25) is 0 Å². The van der Waals surface area contributed by atoms with Gasteiger partial charge in [0.05, 0.1) is 14.2 Å². The first-order chi connectivity index (χ1) is 11.6. The number of alkyl halides is 6. The summed E-state index contributed by atoms with van der Waals surface area (Å²) in [6, 6.07) is 7.31. The number of benzene rings is 2. The molecule has 0 bridgehead atoms. The van der Waals surface area contributed by atoms with E-state index in [1.807, 2.05) is 0 Å². The molecule has 2 aromatic rings. The fourth-order valence-electron chi connectivity index (χ4n) is 2.66. The minimum absolute atomic E-state index is 0.150. The number of hydrogen-bond donors (Lipinski definition) is 0. The van der Waals surface area contributed by atoms with Crippen LogP contribution in [0.5, 0.6) is 11.5 Å². The molecule has 0 aliphatic heterocycles. The van der Waals surface area contributed by atoms with Crippen molar-refractivity contribution in [3.05, 3.63) is 59.7 Å². The molecule has 0 fully saturated rings. The summed E-state index contributed by atoms with van der Waals surface area (Å²) in [4.78, 5) is 0. The molecule has 0 heterocycles. The van der Waals surface area contributed by atoms with Crippen molar-refractivity contribution >= 4 is 0 Å². The number of ether oxygens (including phenoxy) is 2. The number of rotatable bonds is 4. The molecule has 0 atom stereocenters. The van der Waals surface area contributed by atoms with E-state index in [-0.39, 0.29) is 11.5 Å². The molecule has 2 nitrogen and oxygen atoms in total. The van der Waals surface area contributed by atoms with E-state index in [1.165, 1.54) is 14.2 Å². The third kappa shape index (κ3) is 3.12. The zero-order valence-electron chi connectivity index (χ0n) is 13.2. The smallest absolute Gasteiger partial charge is 0.411 e. The molecule has 136 valence electrons. The molecule has 0 aromatic heterocycles. The van der Waals surface area contributed by atoms with Crippen molar-refractivity contribution in [3.8, 4) is 11.5 Å². The molecule has 0 saturated carbocycles. The second-order valence-corrected chi connectivity index (χ2v) is 5.20. The maximum absolute atomic E-state index is 13.8. The molecule has 25 heavy (non-hydrogen) atoms. The normalized spacial score (nSPS) is 12.8. The molecule has 0 aliphatic carbocycles. The van der Waals surface area contributed by atoms with Gasteiger partial charge in [0, 0.05) is 0 Å². The van der Waals surface area contributed by atoms with Gasteiger partial charge in [-0.25, -0.2) is 0 Å². The Morgan fingerprint density at radius 3 is 1.04 bits per heavy atom. The van der Waals surface area contributed by atoms with Crippen molar-refractivity contribution < 1.29 is 35.8 Å². The predicted molar refractivity (Wildman–Crippen MR) is 78.9 cm³/mol.